The summed E-state index contributed by atoms with van der Waals surface area (Å²) >= 11 is 0. The maximum Gasteiger partial charge on any atom is 0.167 e. The van der Waals surface area contributed by atoms with Gasteiger partial charge in [0.2, 0.25) is 0 Å². The van der Waals surface area contributed by atoms with Crippen LogP contribution in [0.1, 0.15) is 64.7 Å². The summed E-state index contributed by atoms with van der Waals surface area (Å²) in [6.07, 6.45) is 14.1. The highest BCUT2D eigenvalue weighted by atomic mass is 16.5. The minimum Gasteiger partial charge on any atom is -0.350 e. The van der Waals surface area contributed by atoms with Crippen LogP contribution in [0.25, 0.3) is 0 Å². The zero-order valence-electron chi connectivity index (χ0n) is 15.8. The molecule has 0 aliphatic carbocycles. The number of ether oxygens (including phenoxy) is 1. The summed E-state index contributed by atoms with van der Waals surface area (Å²) in [6, 6.07) is 0. The Morgan fingerprint density at radius 3 is 1.91 bits per heavy atom. The lowest BCUT2D eigenvalue weighted by atomic mass is 9.97. The molecule has 0 bridgehead atoms. The van der Waals surface area contributed by atoms with Crippen molar-refractivity contribution in [3.05, 3.63) is 12.7 Å². The lowest BCUT2D eigenvalue weighted by molar-refractivity contribution is -0.120. The number of hydrogen-bond donors (Lipinski definition) is 0. The maximum atomic E-state index is 5.97. The Kier molecular flexibility index (Phi) is 14.0. The second kappa shape index (κ2) is 14.2. The molecule has 0 aromatic heterocycles. The summed E-state index contributed by atoms with van der Waals surface area (Å²) in [5.41, 5.74) is 0. The van der Waals surface area contributed by atoms with Crippen LogP contribution < -0.4 is 0 Å². The molecule has 0 aromatic rings. The molecule has 1 unspecified atom stereocenters. The van der Waals surface area contributed by atoms with E-state index in [2.05, 4.69) is 29.4 Å². The topological polar surface area (TPSA) is 15.7 Å². The molecule has 0 N–H and O–H groups in total. The maximum absolute atomic E-state index is 5.97. The molecule has 0 saturated heterocycles. The van der Waals surface area contributed by atoms with Crippen LogP contribution in [0.4, 0.5) is 0 Å². The van der Waals surface area contributed by atoms with Crippen molar-refractivity contribution in [2.24, 2.45) is 5.92 Å². The first kappa shape index (κ1) is 21.6. The average molecular weight is 313 g/mol. The lowest BCUT2D eigenvalue weighted by Crippen LogP contribution is -2.42. The lowest BCUT2D eigenvalue weighted by Gasteiger charge is -2.30. The number of unbranched alkanes of at least 4 members (excludes halogenated alkanes) is 6. The molecule has 0 aliphatic rings. The number of rotatable bonds is 15. The number of allylic oxidation sites excluding steroid dienone is 1. The van der Waals surface area contributed by atoms with E-state index in [1.807, 2.05) is 28.2 Å². The predicted octanol–water partition coefficient (Wildman–Crippen LogP) is 4.74. The van der Waals surface area contributed by atoms with E-state index in [9.17, 15) is 0 Å². The van der Waals surface area contributed by atoms with Gasteiger partial charge in [0.15, 0.2) is 6.35 Å². The third kappa shape index (κ3) is 11.2. The van der Waals surface area contributed by atoms with Gasteiger partial charge in [-0.2, -0.15) is 0 Å². The second-order valence-electron chi connectivity index (χ2n) is 6.82. The molecule has 22 heavy (non-hydrogen) atoms. The van der Waals surface area contributed by atoms with Crippen LogP contribution in [-0.2, 0) is 4.74 Å². The van der Waals surface area contributed by atoms with Crippen LogP contribution in [0.2, 0.25) is 0 Å². The second-order valence-corrected chi connectivity index (χ2v) is 6.82. The van der Waals surface area contributed by atoms with Crippen LogP contribution in [-0.4, -0.2) is 50.9 Å². The molecule has 0 radical (unpaired) electrons. The molecular formula is C19H40N2O. The predicted molar refractivity (Wildman–Crippen MR) is 98.0 cm³/mol. The third-order valence-electron chi connectivity index (χ3n) is 4.15. The Morgan fingerprint density at radius 2 is 1.41 bits per heavy atom. The summed E-state index contributed by atoms with van der Waals surface area (Å²) in [5.74, 6) is 0.598. The molecule has 0 aromatic carbocycles. The highest BCUT2D eigenvalue weighted by molar-refractivity contribution is 4.78. The van der Waals surface area contributed by atoms with E-state index in [0.717, 1.165) is 13.0 Å². The molecule has 0 saturated carbocycles. The van der Waals surface area contributed by atoms with Crippen LogP contribution in [0.3, 0.4) is 0 Å². The van der Waals surface area contributed by atoms with E-state index in [0.29, 0.717) is 5.92 Å². The van der Waals surface area contributed by atoms with E-state index in [1.165, 1.54) is 51.4 Å². The summed E-state index contributed by atoms with van der Waals surface area (Å²) in [5, 5.41) is 0. The SMILES string of the molecule is C=CC(CCCCCCCCC)CCOC(N(C)C)N(C)C. The summed E-state index contributed by atoms with van der Waals surface area (Å²) in [6.45, 7) is 7.06. The van der Waals surface area contributed by atoms with Gasteiger partial charge in [-0.05, 0) is 47.0 Å². The molecule has 0 aliphatic heterocycles. The Morgan fingerprint density at radius 1 is 0.864 bits per heavy atom. The first-order chi connectivity index (χ1) is 10.5. The summed E-state index contributed by atoms with van der Waals surface area (Å²) in [7, 11) is 8.20. The zero-order chi connectivity index (χ0) is 16.8. The van der Waals surface area contributed by atoms with E-state index in [4.69, 9.17) is 4.74 Å². The first-order valence-corrected chi connectivity index (χ1v) is 9.09. The number of nitrogens with zero attached hydrogens (tertiary/aromatic N) is 2. The van der Waals surface area contributed by atoms with Crippen molar-refractivity contribution in [2.75, 3.05) is 34.8 Å². The van der Waals surface area contributed by atoms with Gasteiger partial charge >= 0.3 is 0 Å². The van der Waals surface area contributed by atoms with Crippen LogP contribution in [0.5, 0.6) is 0 Å². The van der Waals surface area contributed by atoms with Gasteiger partial charge in [-0.3, -0.25) is 9.80 Å². The summed E-state index contributed by atoms with van der Waals surface area (Å²) in [4.78, 5) is 4.19. The Hall–Kier alpha value is -0.380. The first-order valence-electron chi connectivity index (χ1n) is 9.09. The van der Waals surface area contributed by atoms with Gasteiger partial charge in [-0.1, -0.05) is 57.9 Å². The van der Waals surface area contributed by atoms with E-state index in [1.54, 1.807) is 0 Å². The smallest absolute Gasteiger partial charge is 0.167 e. The van der Waals surface area contributed by atoms with Gasteiger partial charge < -0.3 is 4.74 Å². The Bertz CT molecular complexity index is 246. The standard InChI is InChI=1S/C19H40N2O/c1-7-9-10-11-12-13-14-15-18(8-2)16-17-22-19(20(3)4)21(5)6/h8,18-19H,2,7,9-17H2,1,3-6H3. The summed E-state index contributed by atoms with van der Waals surface area (Å²) < 4.78 is 5.97. The zero-order valence-corrected chi connectivity index (χ0v) is 15.8. The van der Waals surface area contributed by atoms with Crippen molar-refractivity contribution in [3.63, 3.8) is 0 Å². The van der Waals surface area contributed by atoms with Crippen molar-refractivity contribution in [1.29, 1.82) is 0 Å². The van der Waals surface area contributed by atoms with Crippen molar-refractivity contribution >= 4 is 0 Å². The van der Waals surface area contributed by atoms with E-state index >= 15 is 0 Å². The third-order valence-corrected chi connectivity index (χ3v) is 4.15. The molecule has 3 heteroatoms. The molecule has 132 valence electrons. The average Bonchev–Trinajstić information content (AvgIpc) is 2.47. The van der Waals surface area contributed by atoms with E-state index in [-0.39, 0.29) is 6.35 Å². The van der Waals surface area contributed by atoms with Crippen LogP contribution >= 0.6 is 0 Å². The molecule has 0 amide bonds. The Labute approximate surface area is 139 Å². The highest BCUT2D eigenvalue weighted by Gasteiger charge is 2.14. The van der Waals surface area contributed by atoms with Gasteiger partial charge in [0.05, 0.1) is 6.61 Å². The molecule has 0 rings (SSSR count). The van der Waals surface area contributed by atoms with E-state index < -0.39 is 0 Å². The minimum atomic E-state index is 0.0593. The van der Waals surface area contributed by atoms with Crippen molar-refractivity contribution in [1.82, 2.24) is 9.80 Å². The monoisotopic (exact) mass is 312 g/mol. The van der Waals surface area contributed by atoms with Crippen LogP contribution in [0.15, 0.2) is 12.7 Å². The number of hydrogen-bond acceptors (Lipinski definition) is 3. The van der Waals surface area contributed by atoms with Gasteiger partial charge in [-0.25, -0.2) is 0 Å². The molecule has 1 atom stereocenters. The van der Waals surface area contributed by atoms with Gasteiger partial charge in [0.1, 0.15) is 0 Å². The van der Waals surface area contributed by atoms with Crippen molar-refractivity contribution < 1.29 is 4.74 Å². The molecular weight excluding hydrogens is 272 g/mol. The van der Waals surface area contributed by atoms with Gasteiger partial charge in [0, 0.05) is 0 Å². The quantitative estimate of drug-likeness (QED) is 0.247. The molecule has 0 fully saturated rings. The fourth-order valence-corrected chi connectivity index (χ4v) is 2.83. The Balaban J connectivity index is 3.72. The highest BCUT2D eigenvalue weighted by Crippen LogP contribution is 2.17. The van der Waals surface area contributed by atoms with Crippen LogP contribution in [0, 0.1) is 5.92 Å². The minimum absolute atomic E-state index is 0.0593. The van der Waals surface area contributed by atoms with Gasteiger partial charge in [-0.15, -0.1) is 6.58 Å². The van der Waals surface area contributed by atoms with Gasteiger partial charge in [0.25, 0.3) is 0 Å². The normalized spacial score (nSPS) is 13.3. The molecule has 3 nitrogen and oxygen atoms in total. The van der Waals surface area contributed by atoms with Crippen molar-refractivity contribution in [2.45, 2.75) is 71.1 Å². The fourth-order valence-electron chi connectivity index (χ4n) is 2.83. The largest absolute Gasteiger partial charge is 0.350 e. The molecule has 0 spiro atoms. The fraction of sp³-hybridized carbons (Fsp3) is 0.895. The molecule has 0 heterocycles. The van der Waals surface area contributed by atoms with Crippen molar-refractivity contribution in [3.8, 4) is 0 Å².